The maximum Gasteiger partial charge on any atom is 0.226 e. The lowest BCUT2D eigenvalue weighted by Gasteiger charge is -2.16. The lowest BCUT2D eigenvalue weighted by Crippen LogP contribution is -2.29. The molecule has 0 spiro atoms. The van der Waals surface area contributed by atoms with E-state index >= 15 is 0 Å². The molecule has 3 rings (SSSR count). The Morgan fingerprint density at radius 1 is 1.31 bits per heavy atom. The minimum atomic E-state index is -0.340. The number of fused-ring (bicyclic) bond motifs is 1. The molecule has 0 aliphatic rings. The van der Waals surface area contributed by atoms with E-state index in [0.717, 1.165) is 15.9 Å². The van der Waals surface area contributed by atoms with Crippen LogP contribution in [0.25, 0.3) is 11.0 Å². The first-order valence-corrected chi connectivity index (χ1v) is 9.25. The van der Waals surface area contributed by atoms with E-state index in [-0.39, 0.29) is 30.3 Å². The topological polar surface area (TPSA) is 88.9 Å². The van der Waals surface area contributed by atoms with Crippen LogP contribution in [0.15, 0.2) is 36.0 Å². The van der Waals surface area contributed by atoms with E-state index in [0.29, 0.717) is 5.69 Å². The second kappa shape index (κ2) is 7.65. The standard InChI is InChI=1S/C18H21N5O2S/c1-11(2)23-18-13(9-20-23)7-14(10-19-18)22-17(25)8-15(21-12(3)24)16-5-4-6-26-16/h4-7,9-11,15H,8H2,1-3H3,(H,21,24)(H,22,25)/t15-/m0/s1. The molecule has 0 unspecified atom stereocenters. The maximum absolute atomic E-state index is 12.4. The highest BCUT2D eigenvalue weighted by Gasteiger charge is 2.18. The summed E-state index contributed by atoms with van der Waals surface area (Å²) >= 11 is 1.51. The number of carbonyl (C=O) groups is 2. The first-order chi connectivity index (χ1) is 12.4. The van der Waals surface area contributed by atoms with Gasteiger partial charge in [0.1, 0.15) is 0 Å². The molecule has 1 atom stereocenters. The molecule has 0 radical (unpaired) electrons. The third-order valence-electron chi connectivity index (χ3n) is 3.86. The van der Waals surface area contributed by atoms with Gasteiger partial charge in [-0.05, 0) is 31.4 Å². The Bertz CT molecular complexity index is 917. The normalized spacial score (nSPS) is 12.3. The van der Waals surface area contributed by atoms with Crippen molar-refractivity contribution in [1.82, 2.24) is 20.1 Å². The Labute approximate surface area is 155 Å². The molecule has 0 aliphatic carbocycles. The SMILES string of the molecule is CC(=O)N[C@@H](CC(=O)Nc1cnc2c(cnn2C(C)C)c1)c1cccs1. The van der Waals surface area contributed by atoms with Crippen LogP contribution in [0.3, 0.4) is 0 Å². The van der Waals surface area contributed by atoms with Crippen molar-refractivity contribution in [3.63, 3.8) is 0 Å². The van der Waals surface area contributed by atoms with Crippen molar-refractivity contribution in [2.45, 2.75) is 39.3 Å². The number of anilines is 1. The largest absolute Gasteiger partial charge is 0.348 e. The Hall–Kier alpha value is -2.74. The van der Waals surface area contributed by atoms with E-state index in [1.165, 1.54) is 18.3 Å². The molecule has 3 aromatic heterocycles. The van der Waals surface area contributed by atoms with Crippen molar-refractivity contribution in [2.24, 2.45) is 0 Å². The van der Waals surface area contributed by atoms with Crippen LogP contribution < -0.4 is 10.6 Å². The van der Waals surface area contributed by atoms with Gasteiger partial charge < -0.3 is 10.6 Å². The van der Waals surface area contributed by atoms with Gasteiger partial charge in [-0.2, -0.15) is 5.10 Å². The summed E-state index contributed by atoms with van der Waals surface area (Å²) in [7, 11) is 0. The van der Waals surface area contributed by atoms with Crippen molar-refractivity contribution in [3.8, 4) is 0 Å². The molecule has 0 aliphatic heterocycles. The molecule has 0 bridgehead atoms. The molecular formula is C18H21N5O2S. The zero-order valence-corrected chi connectivity index (χ0v) is 15.7. The third kappa shape index (κ3) is 4.08. The van der Waals surface area contributed by atoms with Gasteiger partial charge in [-0.25, -0.2) is 9.67 Å². The highest BCUT2D eigenvalue weighted by Crippen LogP contribution is 2.23. The number of hydrogen-bond donors (Lipinski definition) is 2. The van der Waals surface area contributed by atoms with Gasteiger partial charge in [0.05, 0.1) is 30.5 Å². The molecule has 3 aromatic rings. The summed E-state index contributed by atoms with van der Waals surface area (Å²) in [4.78, 5) is 29.2. The van der Waals surface area contributed by atoms with Gasteiger partial charge in [-0.15, -0.1) is 11.3 Å². The van der Waals surface area contributed by atoms with Crippen molar-refractivity contribution in [2.75, 3.05) is 5.32 Å². The molecule has 0 fully saturated rings. The Morgan fingerprint density at radius 3 is 2.77 bits per heavy atom. The first kappa shape index (κ1) is 18.1. The van der Waals surface area contributed by atoms with Gasteiger partial charge in [0.25, 0.3) is 0 Å². The summed E-state index contributed by atoms with van der Waals surface area (Å²) in [5, 5.41) is 12.8. The summed E-state index contributed by atoms with van der Waals surface area (Å²) in [5.74, 6) is -0.352. The molecule has 26 heavy (non-hydrogen) atoms. The minimum Gasteiger partial charge on any atom is -0.348 e. The van der Waals surface area contributed by atoms with Crippen molar-refractivity contribution < 1.29 is 9.59 Å². The summed E-state index contributed by atoms with van der Waals surface area (Å²) in [6, 6.07) is 5.53. The summed E-state index contributed by atoms with van der Waals surface area (Å²) in [5.41, 5.74) is 1.39. The zero-order chi connectivity index (χ0) is 18.7. The van der Waals surface area contributed by atoms with Crippen LogP contribution in [0.1, 0.15) is 44.2 Å². The fourth-order valence-electron chi connectivity index (χ4n) is 2.74. The maximum atomic E-state index is 12.4. The molecule has 2 N–H and O–H groups in total. The van der Waals surface area contributed by atoms with Crippen LogP contribution in [-0.4, -0.2) is 26.6 Å². The molecule has 0 aromatic carbocycles. The predicted octanol–water partition coefficient (Wildman–Crippen LogP) is 3.28. The third-order valence-corrected chi connectivity index (χ3v) is 4.85. The lowest BCUT2D eigenvalue weighted by molar-refractivity contribution is -0.120. The van der Waals surface area contributed by atoms with Gasteiger partial charge in [0.15, 0.2) is 5.65 Å². The summed E-state index contributed by atoms with van der Waals surface area (Å²) < 4.78 is 1.84. The first-order valence-electron chi connectivity index (χ1n) is 8.37. The average molecular weight is 371 g/mol. The smallest absolute Gasteiger partial charge is 0.226 e. The van der Waals surface area contributed by atoms with E-state index in [1.807, 2.05) is 42.1 Å². The number of carbonyl (C=O) groups excluding carboxylic acids is 2. The van der Waals surface area contributed by atoms with E-state index < -0.39 is 0 Å². The van der Waals surface area contributed by atoms with Crippen LogP contribution >= 0.6 is 11.3 Å². The number of pyridine rings is 1. The van der Waals surface area contributed by atoms with Gasteiger partial charge in [-0.1, -0.05) is 6.07 Å². The van der Waals surface area contributed by atoms with Crippen molar-refractivity contribution in [1.29, 1.82) is 0 Å². The molecule has 136 valence electrons. The molecule has 0 saturated carbocycles. The molecule has 2 amide bonds. The Balaban J connectivity index is 1.72. The highest BCUT2D eigenvalue weighted by atomic mass is 32.1. The zero-order valence-electron chi connectivity index (χ0n) is 14.9. The van der Waals surface area contributed by atoms with Crippen LogP contribution in [0, 0.1) is 0 Å². The number of nitrogens with one attached hydrogen (secondary N) is 2. The number of aromatic nitrogens is 3. The number of hydrogen-bond acceptors (Lipinski definition) is 5. The second-order valence-corrected chi connectivity index (χ2v) is 7.32. The van der Waals surface area contributed by atoms with Gasteiger partial charge in [0, 0.05) is 23.2 Å². The van der Waals surface area contributed by atoms with E-state index in [9.17, 15) is 9.59 Å². The lowest BCUT2D eigenvalue weighted by atomic mass is 10.1. The van der Waals surface area contributed by atoms with E-state index in [4.69, 9.17) is 0 Å². The van der Waals surface area contributed by atoms with E-state index in [2.05, 4.69) is 20.7 Å². The number of amides is 2. The molecule has 3 heterocycles. The predicted molar refractivity (Wildman–Crippen MR) is 102 cm³/mol. The number of thiophene rings is 1. The quantitative estimate of drug-likeness (QED) is 0.696. The summed E-state index contributed by atoms with van der Waals surface area (Å²) in [6.07, 6.45) is 3.52. The molecule has 8 heteroatoms. The Kier molecular flexibility index (Phi) is 5.32. The highest BCUT2D eigenvalue weighted by molar-refractivity contribution is 7.10. The van der Waals surface area contributed by atoms with Crippen LogP contribution in [-0.2, 0) is 9.59 Å². The monoisotopic (exact) mass is 371 g/mol. The minimum absolute atomic E-state index is 0.156. The van der Waals surface area contributed by atoms with Gasteiger partial charge in [0.2, 0.25) is 11.8 Å². The molecular weight excluding hydrogens is 350 g/mol. The van der Waals surface area contributed by atoms with Crippen molar-refractivity contribution >= 4 is 39.9 Å². The van der Waals surface area contributed by atoms with Crippen LogP contribution in [0.4, 0.5) is 5.69 Å². The number of nitrogens with zero attached hydrogens (tertiary/aromatic N) is 3. The second-order valence-electron chi connectivity index (χ2n) is 6.34. The fourth-order valence-corrected chi connectivity index (χ4v) is 3.52. The average Bonchev–Trinajstić information content (AvgIpc) is 3.23. The van der Waals surface area contributed by atoms with Gasteiger partial charge in [-0.3, -0.25) is 9.59 Å². The molecule has 0 saturated heterocycles. The van der Waals surface area contributed by atoms with Crippen molar-refractivity contribution in [3.05, 3.63) is 40.8 Å². The van der Waals surface area contributed by atoms with Crippen LogP contribution in [0.5, 0.6) is 0 Å². The molecule has 7 nitrogen and oxygen atoms in total. The fraction of sp³-hybridized carbons (Fsp3) is 0.333. The van der Waals surface area contributed by atoms with Crippen LogP contribution in [0.2, 0.25) is 0 Å². The number of rotatable bonds is 6. The summed E-state index contributed by atoms with van der Waals surface area (Å²) in [6.45, 7) is 5.52. The van der Waals surface area contributed by atoms with Gasteiger partial charge >= 0.3 is 0 Å². The van der Waals surface area contributed by atoms with E-state index in [1.54, 1.807) is 12.4 Å². The Morgan fingerprint density at radius 2 is 2.12 bits per heavy atom.